The molecule has 5 nitrogen and oxygen atoms in total. The highest BCUT2D eigenvalue weighted by atomic mass is 32.2. The van der Waals surface area contributed by atoms with E-state index < -0.39 is 17.9 Å². The SMILES string of the molecule is CC(NC(=O)c1ccccc1SCC#N)C(=O)O. The molecule has 1 rings (SSSR count). The zero-order valence-electron chi connectivity index (χ0n) is 9.71. The Morgan fingerprint density at radius 2 is 2.17 bits per heavy atom. The Kier molecular flexibility index (Phi) is 5.21. The summed E-state index contributed by atoms with van der Waals surface area (Å²) >= 11 is 1.24. The number of thioether (sulfide) groups is 1. The van der Waals surface area contributed by atoms with Crippen LogP contribution in [0.3, 0.4) is 0 Å². The maximum absolute atomic E-state index is 11.9. The molecule has 0 aliphatic rings. The standard InChI is InChI=1S/C12H12N2O3S/c1-8(12(16)17)14-11(15)9-4-2-3-5-10(9)18-7-6-13/h2-5,8H,7H2,1H3,(H,14,15)(H,16,17). The summed E-state index contributed by atoms with van der Waals surface area (Å²) in [7, 11) is 0. The van der Waals surface area contributed by atoms with Crippen LogP contribution in [0.5, 0.6) is 0 Å². The Balaban J connectivity index is 2.85. The summed E-state index contributed by atoms with van der Waals surface area (Å²) in [6.07, 6.45) is 0. The van der Waals surface area contributed by atoms with E-state index in [1.54, 1.807) is 24.3 Å². The van der Waals surface area contributed by atoms with E-state index in [0.717, 1.165) is 0 Å². The summed E-state index contributed by atoms with van der Waals surface area (Å²) < 4.78 is 0. The second-order valence-corrected chi connectivity index (χ2v) is 4.49. The third kappa shape index (κ3) is 3.79. The number of nitriles is 1. The van der Waals surface area contributed by atoms with Gasteiger partial charge in [0.1, 0.15) is 6.04 Å². The third-order valence-corrected chi connectivity index (χ3v) is 3.08. The number of carbonyl (C=O) groups is 2. The minimum absolute atomic E-state index is 0.235. The molecule has 1 atom stereocenters. The number of nitrogens with one attached hydrogen (secondary N) is 1. The Morgan fingerprint density at radius 3 is 2.78 bits per heavy atom. The van der Waals surface area contributed by atoms with Crippen LogP contribution in [0.1, 0.15) is 17.3 Å². The smallest absolute Gasteiger partial charge is 0.325 e. The molecule has 0 aromatic heterocycles. The number of carboxylic acids is 1. The van der Waals surface area contributed by atoms with Crippen LogP contribution in [0.4, 0.5) is 0 Å². The van der Waals surface area contributed by atoms with Crippen molar-refractivity contribution in [2.75, 3.05) is 5.75 Å². The van der Waals surface area contributed by atoms with Gasteiger partial charge in [0.25, 0.3) is 5.91 Å². The van der Waals surface area contributed by atoms with E-state index in [0.29, 0.717) is 10.5 Å². The van der Waals surface area contributed by atoms with Crippen molar-refractivity contribution in [2.45, 2.75) is 17.9 Å². The molecule has 1 aromatic carbocycles. The lowest BCUT2D eigenvalue weighted by molar-refractivity contribution is -0.138. The van der Waals surface area contributed by atoms with Crippen LogP contribution >= 0.6 is 11.8 Å². The van der Waals surface area contributed by atoms with Gasteiger partial charge in [-0.1, -0.05) is 12.1 Å². The number of nitrogens with zero attached hydrogens (tertiary/aromatic N) is 1. The quantitative estimate of drug-likeness (QED) is 0.787. The van der Waals surface area contributed by atoms with Crippen LogP contribution in [0.25, 0.3) is 0 Å². The van der Waals surface area contributed by atoms with Gasteiger partial charge in [-0.3, -0.25) is 9.59 Å². The number of rotatable bonds is 5. The van der Waals surface area contributed by atoms with Crippen molar-refractivity contribution in [2.24, 2.45) is 0 Å². The minimum Gasteiger partial charge on any atom is -0.480 e. The number of aliphatic carboxylic acids is 1. The number of hydrogen-bond acceptors (Lipinski definition) is 4. The maximum atomic E-state index is 11.9. The first-order valence-corrected chi connectivity index (χ1v) is 6.17. The lowest BCUT2D eigenvalue weighted by atomic mass is 10.2. The van der Waals surface area contributed by atoms with Gasteiger partial charge in [-0.2, -0.15) is 5.26 Å². The van der Waals surface area contributed by atoms with Crippen LogP contribution in [0.2, 0.25) is 0 Å². The lowest BCUT2D eigenvalue weighted by Crippen LogP contribution is -2.38. The predicted octanol–water partition coefficient (Wildman–Crippen LogP) is 1.51. The van der Waals surface area contributed by atoms with E-state index in [4.69, 9.17) is 10.4 Å². The summed E-state index contributed by atoms with van der Waals surface area (Å²) in [5.74, 6) is -1.31. The highest BCUT2D eigenvalue weighted by molar-refractivity contribution is 7.99. The molecule has 1 aromatic rings. The summed E-state index contributed by atoms with van der Waals surface area (Å²) in [6, 6.07) is 7.80. The average molecular weight is 264 g/mol. The van der Waals surface area contributed by atoms with Crippen LogP contribution in [0, 0.1) is 11.3 Å². The van der Waals surface area contributed by atoms with E-state index in [9.17, 15) is 9.59 Å². The molecule has 0 aliphatic heterocycles. The number of amides is 1. The van der Waals surface area contributed by atoms with Crippen LogP contribution < -0.4 is 5.32 Å². The number of hydrogen-bond donors (Lipinski definition) is 2. The second kappa shape index (κ2) is 6.67. The summed E-state index contributed by atoms with van der Waals surface area (Å²) in [6.45, 7) is 1.39. The average Bonchev–Trinajstić information content (AvgIpc) is 2.36. The van der Waals surface area contributed by atoms with Crippen molar-refractivity contribution in [1.29, 1.82) is 5.26 Å². The molecule has 0 spiro atoms. The Morgan fingerprint density at radius 1 is 1.50 bits per heavy atom. The fraction of sp³-hybridized carbons (Fsp3) is 0.250. The molecule has 0 bridgehead atoms. The fourth-order valence-electron chi connectivity index (χ4n) is 1.23. The van der Waals surface area contributed by atoms with E-state index in [1.165, 1.54) is 18.7 Å². The van der Waals surface area contributed by atoms with Gasteiger partial charge in [0.2, 0.25) is 0 Å². The first-order chi connectivity index (χ1) is 8.56. The molecule has 0 saturated heterocycles. The highest BCUT2D eigenvalue weighted by Gasteiger charge is 2.17. The van der Waals surface area contributed by atoms with E-state index in [-0.39, 0.29) is 5.75 Å². The molecular formula is C12H12N2O3S. The Bertz CT molecular complexity index is 496. The molecule has 0 radical (unpaired) electrons. The lowest BCUT2D eigenvalue weighted by Gasteiger charge is -2.11. The first kappa shape index (κ1) is 14.1. The zero-order valence-corrected chi connectivity index (χ0v) is 10.5. The van der Waals surface area contributed by atoms with Gasteiger partial charge in [-0.25, -0.2) is 0 Å². The van der Waals surface area contributed by atoms with Gasteiger partial charge >= 0.3 is 5.97 Å². The zero-order chi connectivity index (χ0) is 13.5. The van der Waals surface area contributed by atoms with Crippen molar-refractivity contribution in [1.82, 2.24) is 5.32 Å². The largest absolute Gasteiger partial charge is 0.480 e. The molecule has 0 saturated carbocycles. The molecule has 0 aliphatic carbocycles. The van der Waals surface area contributed by atoms with E-state index in [1.807, 2.05) is 6.07 Å². The highest BCUT2D eigenvalue weighted by Crippen LogP contribution is 2.22. The summed E-state index contributed by atoms with van der Waals surface area (Å²) in [5.41, 5.74) is 0.380. The summed E-state index contributed by atoms with van der Waals surface area (Å²) in [4.78, 5) is 23.2. The van der Waals surface area contributed by atoms with Crippen LogP contribution in [0.15, 0.2) is 29.2 Å². The van der Waals surface area contributed by atoms with Gasteiger partial charge in [-0.15, -0.1) is 11.8 Å². The van der Waals surface area contributed by atoms with Crippen molar-refractivity contribution in [3.63, 3.8) is 0 Å². The fourth-order valence-corrected chi connectivity index (χ4v) is 1.94. The monoisotopic (exact) mass is 264 g/mol. The number of carbonyl (C=O) groups excluding carboxylic acids is 1. The van der Waals surface area contributed by atoms with Crippen molar-refractivity contribution in [3.8, 4) is 6.07 Å². The molecule has 94 valence electrons. The molecule has 18 heavy (non-hydrogen) atoms. The normalized spacial score (nSPS) is 11.3. The van der Waals surface area contributed by atoms with Crippen molar-refractivity contribution in [3.05, 3.63) is 29.8 Å². The van der Waals surface area contributed by atoms with Gasteiger partial charge in [-0.05, 0) is 19.1 Å². The molecular weight excluding hydrogens is 252 g/mol. The molecule has 1 amide bonds. The van der Waals surface area contributed by atoms with Crippen molar-refractivity contribution >= 4 is 23.6 Å². The van der Waals surface area contributed by atoms with Crippen LogP contribution in [-0.2, 0) is 4.79 Å². The maximum Gasteiger partial charge on any atom is 0.325 e. The molecule has 1 unspecified atom stereocenters. The molecule has 2 N–H and O–H groups in total. The van der Waals surface area contributed by atoms with Gasteiger partial charge in [0.05, 0.1) is 17.4 Å². The minimum atomic E-state index is -1.09. The van der Waals surface area contributed by atoms with Gasteiger partial charge in [0.15, 0.2) is 0 Å². The first-order valence-electron chi connectivity index (χ1n) is 5.18. The molecule has 0 fully saturated rings. The molecule has 0 heterocycles. The predicted molar refractivity (Wildman–Crippen MR) is 67.3 cm³/mol. The topological polar surface area (TPSA) is 90.2 Å². The van der Waals surface area contributed by atoms with E-state index in [2.05, 4.69) is 5.32 Å². The molecule has 6 heteroatoms. The second-order valence-electron chi connectivity index (χ2n) is 3.48. The number of benzene rings is 1. The Labute approximate surface area is 109 Å². The van der Waals surface area contributed by atoms with Crippen LogP contribution in [-0.4, -0.2) is 28.8 Å². The summed E-state index contributed by atoms with van der Waals surface area (Å²) in [5, 5.41) is 19.6. The third-order valence-electron chi connectivity index (χ3n) is 2.14. The van der Waals surface area contributed by atoms with E-state index >= 15 is 0 Å². The Hall–Kier alpha value is -2.00. The number of carboxylic acid groups (broad SMARTS) is 1. The van der Waals surface area contributed by atoms with Crippen molar-refractivity contribution < 1.29 is 14.7 Å². The van der Waals surface area contributed by atoms with Gasteiger partial charge < -0.3 is 10.4 Å². The van der Waals surface area contributed by atoms with Gasteiger partial charge in [0, 0.05) is 4.90 Å².